The highest BCUT2D eigenvalue weighted by atomic mass is 15.1. The predicted octanol–water partition coefficient (Wildman–Crippen LogP) is 4.07. The van der Waals surface area contributed by atoms with Crippen LogP contribution in [-0.2, 0) is 0 Å². The number of aromatic nitrogens is 4. The fraction of sp³-hybridized carbons (Fsp3) is 0.0556. The summed E-state index contributed by atoms with van der Waals surface area (Å²) in [6, 6.07) is 16.0. The highest BCUT2D eigenvalue weighted by molar-refractivity contribution is 5.80. The summed E-state index contributed by atoms with van der Waals surface area (Å²) in [6.45, 7) is 2.05. The van der Waals surface area contributed by atoms with E-state index in [4.69, 9.17) is 0 Å². The number of benzene rings is 2. The second-order valence-corrected chi connectivity index (χ2v) is 5.34. The van der Waals surface area contributed by atoms with E-state index in [9.17, 15) is 0 Å². The Hall–Kier alpha value is -3.21. The molecule has 0 bridgehead atoms. The van der Waals surface area contributed by atoms with Gasteiger partial charge in [-0.15, -0.1) is 0 Å². The molecule has 0 amide bonds. The van der Waals surface area contributed by atoms with Crippen LogP contribution >= 0.6 is 0 Å². The first-order chi connectivity index (χ1) is 11.3. The zero-order valence-corrected chi connectivity index (χ0v) is 12.6. The smallest absolute Gasteiger partial charge is 0.227 e. The molecular weight excluding hydrogens is 286 g/mol. The van der Waals surface area contributed by atoms with Crippen LogP contribution in [0.4, 0.5) is 11.6 Å². The standard InChI is InChI=1S/C18H15N5/c1-12-4-2-3-5-14(12)22-18-19-9-8-15(23-18)13-6-7-16-17(10-13)21-11-20-16/h2-11H,1H3,(H,20,21)(H,19,22,23). The minimum Gasteiger partial charge on any atom is -0.345 e. The van der Waals surface area contributed by atoms with E-state index >= 15 is 0 Å². The van der Waals surface area contributed by atoms with E-state index in [0.29, 0.717) is 5.95 Å². The molecule has 112 valence electrons. The molecule has 0 unspecified atom stereocenters. The van der Waals surface area contributed by atoms with E-state index in [1.807, 2.05) is 42.5 Å². The number of nitrogens with one attached hydrogen (secondary N) is 2. The Morgan fingerprint density at radius 2 is 1.91 bits per heavy atom. The number of para-hydroxylation sites is 1. The average molecular weight is 301 g/mol. The molecule has 0 saturated carbocycles. The van der Waals surface area contributed by atoms with Gasteiger partial charge in [0.15, 0.2) is 0 Å². The van der Waals surface area contributed by atoms with Crippen LogP contribution in [0, 0.1) is 6.92 Å². The van der Waals surface area contributed by atoms with Crippen LogP contribution in [0.1, 0.15) is 5.56 Å². The third kappa shape index (κ3) is 2.64. The van der Waals surface area contributed by atoms with Gasteiger partial charge in [-0.2, -0.15) is 0 Å². The topological polar surface area (TPSA) is 66.5 Å². The molecule has 2 aromatic heterocycles. The Morgan fingerprint density at radius 1 is 1.00 bits per heavy atom. The summed E-state index contributed by atoms with van der Waals surface area (Å²) in [5.41, 5.74) is 5.98. The van der Waals surface area contributed by atoms with Crippen molar-refractivity contribution in [1.82, 2.24) is 19.9 Å². The van der Waals surface area contributed by atoms with Crippen LogP contribution in [-0.4, -0.2) is 19.9 Å². The number of fused-ring (bicyclic) bond motifs is 1. The Labute approximate surface area is 133 Å². The molecule has 2 N–H and O–H groups in total. The third-order valence-electron chi connectivity index (χ3n) is 3.76. The monoisotopic (exact) mass is 301 g/mol. The van der Waals surface area contributed by atoms with Gasteiger partial charge < -0.3 is 10.3 Å². The number of anilines is 2. The van der Waals surface area contributed by atoms with Gasteiger partial charge in [0.1, 0.15) is 0 Å². The number of imidazole rings is 1. The second kappa shape index (κ2) is 5.53. The molecule has 5 nitrogen and oxygen atoms in total. The Morgan fingerprint density at radius 3 is 2.83 bits per heavy atom. The first-order valence-electron chi connectivity index (χ1n) is 7.39. The molecule has 0 aliphatic rings. The van der Waals surface area contributed by atoms with E-state index in [1.165, 1.54) is 0 Å². The highest BCUT2D eigenvalue weighted by Crippen LogP contribution is 2.23. The van der Waals surface area contributed by atoms with Crippen molar-refractivity contribution in [2.45, 2.75) is 6.92 Å². The molecule has 0 spiro atoms. The number of aryl methyl sites for hydroxylation is 1. The molecule has 4 rings (SSSR count). The molecule has 0 saturated heterocycles. The molecule has 0 atom stereocenters. The van der Waals surface area contributed by atoms with Crippen LogP contribution in [0.15, 0.2) is 61.1 Å². The van der Waals surface area contributed by atoms with Gasteiger partial charge in [-0.05, 0) is 36.8 Å². The zero-order chi connectivity index (χ0) is 15.6. The third-order valence-corrected chi connectivity index (χ3v) is 3.76. The van der Waals surface area contributed by atoms with Crippen molar-refractivity contribution < 1.29 is 0 Å². The largest absolute Gasteiger partial charge is 0.345 e. The van der Waals surface area contributed by atoms with Crippen molar-refractivity contribution in [3.05, 3.63) is 66.6 Å². The lowest BCUT2D eigenvalue weighted by molar-refractivity contribution is 1.17. The number of hydrogen-bond donors (Lipinski definition) is 2. The average Bonchev–Trinajstić information content (AvgIpc) is 3.05. The van der Waals surface area contributed by atoms with Crippen LogP contribution in [0.5, 0.6) is 0 Å². The van der Waals surface area contributed by atoms with Gasteiger partial charge in [-0.25, -0.2) is 15.0 Å². The molecule has 0 fully saturated rings. The number of H-pyrrole nitrogens is 1. The van der Waals surface area contributed by atoms with Crippen molar-refractivity contribution in [1.29, 1.82) is 0 Å². The Kier molecular flexibility index (Phi) is 3.24. The molecule has 5 heteroatoms. The summed E-state index contributed by atoms with van der Waals surface area (Å²) in [5.74, 6) is 0.582. The minimum absolute atomic E-state index is 0.582. The number of hydrogen-bond acceptors (Lipinski definition) is 4. The van der Waals surface area contributed by atoms with E-state index in [2.05, 4.69) is 38.2 Å². The molecule has 2 heterocycles. The van der Waals surface area contributed by atoms with Gasteiger partial charge in [-0.3, -0.25) is 0 Å². The predicted molar refractivity (Wildman–Crippen MR) is 91.6 cm³/mol. The fourth-order valence-electron chi connectivity index (χ4n) is 2.50. The summed E-state index contributed by atoms with van der Waals surface area (Å²) < 4.78 is 0. The molecule has 0 radical (unpaired) electrons. The Balaban J connectivity index is 1.69. The van der Waals surface area contributed by atoms with Gasteiger partial charge in [0.05, 0.1) is 23.1 Å². The maximum atomic E-state index is 4.61. The number of nitrogens with zero attached hydrogens (tertiary/aromatic N) is 3. The summed E-state index contributed by atoms with van der Waals surface area (Å²) >= 11 is 0. The maximum Gasteiger partial charge on any atom is 0.227 e. The quantitative estimate of drug-likeness (QED) is 0.598. The second-order valence-electron chi connectivity index (χ2n) is 5.34. The molecule has 2 aromatic carbocycles. The molecule has 0 aliphatic heterocycles. The normalized spacial score (nSPS) is 10.8. The highest BCUT2D eigenvalue weighted by Gasteiger charge is 2.06. The Bertz CT molecular complexity index is 974. The van der Waals surface area contributed by atoms with Crippen LogP contribution in [0.3, 0.4) is 0 Å². The van der Waals surface area contributed by atoms with Gasteiger partial charge in [-0.1, -0.05) is 24.3 Å². The first-order valence-corrected chi connectivity index (χ1v) is 7.39. The maximum absolute atomic E-state index is 4.61. The summed E-state index contributed by atoms with van der Waals surface area (Å²) in [7, 11) is 0. The van der Waals surface area contributed by atoms with Crippen molar-refractivity contribution in [2.24, 2.45) is 0 Å². The van der Waals surface area contributed by atoms with E-state index in [0.717, 1.165) is 33.5 Å². The van der Waals surface area contributed by atoms with Crippen molar-refractivity contribution in [2.75, 3.05) is 5.32 Å². The fourth-order valence-corrected chi connectivity index (χ4v) is 2.50. The molecule has 4 aromatic rings. The van der Waals surface area contributed by atoms with E-state index < -0.39 is 0 Å². The molecular formula is C18H15N5. The van der Waals surface area contributed by atoms with Gasteiger partial charge in [0.25, 0.3) is 0 Å². The van der Waals surface area contributed by atoms with Crippen molar-refractivity contribution in [3.8, 4) is 11.3 Å². The van der Waals surface area contributed by atoms with E-state index in [-0.39, 0.29) is 0 Å². The van der Waals surface area contributed by atoms with Crippen LogP contribution in [0.25, 0.3) is 22.3 Å². The summed E-state index contributed by atoms with van der Waals surface area (Å²) in [6.07, 6.45) is 3.46. The molecule has 0 aliphatic carbocycles. The van der Waals surface area contributed by atoms with Gasteiger partial charge in [0, 0.05) is 17.4 Å². The van der Waals surface area contributed by atoms with Crippen LogP contribution < -0.4 is 5.32 Å². The van der Waals surface area contributed by atoms with E-state index in [1.54, 1.807) is 12.5 Å². The molecule has 23 heavy (non-hydrogen) atoms. The number of rotatable bonds is 3. The SMILES string of the molecule is Cc1ccccc1Nc1nccc(-c2ccc3[nH]cnc3c2)n1. The zero-order valence-electron chi connectivity index (χ0n) is 12.6. The lowest BCUT2D eigenvalue weighted by atomic mass is 10.1. The lowest BCUT2D eigenvalue weighted by Crippen LogP contribution is -1.99. The minimum atomic E-state index is 0.582. The van der Waals surface area contributed by atoms with Gasteiger partial charge in [0.2, 0.25) is 5.95 Å². The van der Waals surface area contributed by atoms with Crippen LogP contribution in [0.2, 0.25) is 0 Å². The van der Waals surface area contributed by atoms with Crippen molar-refractivity contribution >= 4 is 22.7 Å². The lowest BCUT2D eigenvalue weighted by Gasteiger charge is -2.09. The van der Waals surface area contributed by atoms with Gasteiger partial charge >= 0.3 is 0 Å². The summed E-state index contributed by atoms with van der Waals surface area (Å²) in [5, 5.41) is 3.27. The summed E-state index contributed by atoms with van der Waals surface area (Å²) in [4.78, 5) is 16.3. The van der Waals surface area contributed by atoms with Crippen molar-refractivity contribution in [3.63, 3.8) is 0 Å². The first kappa shape index (κ1) is 13.5. The number of aromatic amines is 1.